The van der Waals surface area contributed by atoms with Gasteiger partial charge in [0.05, 0.1) is 16.7 Å². The smallest absolute Gasteiger partial charge is 0.355 e. The van der Waals surface area contributed by atoms with E-state index in [4.69, 9.17) is 27.9 Å². The van der Waals surface area contributed by atoms with Crippen LogP contribution < -0.4 is 0 Å². The summed E-state index contributed by atoms with van der Waals surface area (Å²) in [7, 11) is 0. The van der Waals surface area contributed by atoms with Crippen molar-refractivity contribution in [3.63, 3.8) is 0 Å². The zero-order valence-corrected chi connectivity index (χ0v) is 13.3. The van der Waals surface area contributed by atoms with Crippen LogP contribution in [-0.4, -0.2) is 17.6 Å². The summed E-state index contributed by atoms with van der Waals surface area (Å²) < 4.78 is 5.14. The van der Waals surface area contributed by atoms with Gasteiger partial charge in [0.15, 0.2) is 0 Å². The molecule has 0 fully saturated rings. The van der Waals surface area contributed by atoms with Gasteiger partial charge >= 0.3 is 5.97 Å². The molecule has 0 atom stereocenters. The second-order valence-corrected chi connectivity index (χ2v) is 5.53. The van der Waals surface area contributed by atoms with E-state index in [1.54, 1.807) is 19.1 Å². The topological polar surface area (TPSA) is 42.1 Å². The fourth-order valence-electron chi connectivity index (χ4n) is 2.47. The fraction of sp³-hybridized carbons (Fsp3) is 0.118. The van der Waals surface area contributed by atoms with Crippen LogP contribution in [0.25, 0.3) is 22.0 Å². The first-order valence-electron chi connectivity index (χ1n) is 6.85. The van der Waals surface area contributed by atoms with Crippen molar-refractivity contribution in [1.29, 1.82) is 0 Å². The Balaban J connectivity index is 2.36. The monoisotopic (exact) mass is 333 g/mol. The van der Waals surface area contributed by atoms with Gasteiger partial charge in [-0.3, -0.25) is 0 Å². The van der Waals surface area contributed by atoms with Crippen molar-refractivity contribution >= 4 is 40.1 Å². The highest BCUT2D eigenvalue weighted by Gasteiger charge is 2.22. The molecule has 0 saturated heterocycles. The average Bonchev–Trinajstić information content (AvgIpc) is 2.92. The zero-order chi connectivity index (χ0) is 15.7. The number of H-pyrrole nitrogens is 1. The standard InChI is InChI=1S/C17H13Cl2NO2/c1-2-22-17(21)16-13(10-6-4-3-5-7-10)14-12(20-16)9-8-11(18)15(14)19/h3-9,20H,2H2,1H3. The molecule has 0 unspecified atom stereocenters. The second kappa shape index (κ2) is 6.03. The third-order valence-electron chi connectivity index (χ3n) is 3.40. The quantitative estimate of drug-likeness (QED) is 0.659. The maximum atomic E-state index is 12.3. The number of aromatic amines is 1. The highest BCUT2D eigenvalue weighted by molar-refractivity contribution is 6.46. The predicted octanol–water partition coefficient (Wildman–Crippen LogP) is 5.32. The maximum absolute atomic E-state index is 12.3. The van der Waals surface area contributed by atoms with Crippen LogP contribution in [0.3, 0.4) is 0 Å². The van der Waals surface area contributed by atoms with Crippen LogP contribution in [0.5, 0.6) is 0 Å². The zero-order valence-electron chi connectivity index (χ0n) is 11.8. The van der Waals surface area contributed by atoms with Gasteiger partial charge in [-0.05, 0) is 24.6 Å². The summed E-state index contributed by atoms with van der Waals surface area (Å²) >= 11 is 12.5. The minimum absolute atomic E-state index is 0.302. The molecule has 0 aliphatic rings. The average molecular weight is 334 g/mol. The minimum Gasteiger partial charge on any atom is -0.461 e. The number of benzene rings is 2. The van der Waals surface area contributed by atoms with Crippen LogP contribution in [0.4, 0.5) is 0 Å². The van der Waals surface area contributed by atoms with Crippen LogP contribution in [0, 0.1) is 0 Å². The van der Waals surface area contributed by atoms with Crippen LogP contribution in [0.15, 0.2) is 42.5 Å². The van der Waals surface area contributed by atoms with Crippen molar-refractivity contribution in [3.8, 4) is 11.1 Å². The molecule has 3 rings (SSSR count). The van der Waals surface area contributed by atoms with Crippen molar-refractivity contribution in [3.05, 3.63) is 58.2 Å². The van der Waals surface area contributed by atoms with E-state index in [2.05, 4.69) is 4.98 Å². The highest BCUT2D eigenvalue weighted by atomic mass is 35.5. The first-order valence-corrected chi connectivity index (χ1v) is 7.61. The van der Waals surface area contributed by atoms with Crippen LogP contribution in [-0.2, 0) is 4.74 Å². The Morgan fingerprint density at radius 3 is 2.55 bits per heavy atom. The van der Waals surface area contributed by atoms with Crippen LogP contribution in [0.2, 0.25) is 10.0 Å². The van der Waals surface area contributed by atoms with Gasteiger partial charge in [-0.15, -0.1) is 0 Å². The summed E-state index contributed by atoms with van der Waals surface area (Å²) in [5, 5.41) is 1.59. The molecule has 0 spiro atoms. The lowest BCUT2D eigenvalue weighted by molar-refractivity contribution is 0.0521. The molecule has 0 saturated carbocycles. The lowest BCUT2D eigenvalue weighted by atomic mass is 10.0. The molecule has 3 nitrogen and oxygen atoms in total. The normalized spacial score (nSPS) is 10.9. The number of fused-ring (bicyclic) bond motifs is 1. The number of halogens is 2. The van der Waals surface area contributed by atoms with Crippen molar-refractivity contribution in [1.82, 2.24) is 4.98 Å². The number of rotatable bonds is 3. The van der Waals surface area contributed by atoms with Crippen molar-refractivity contribution in [2.45, 2.75) is 6.92 Å². The molecular formula is C17H13Cl2NO2. The first-order chi connectivity index (χ1) is 10.6. The molecule has 22 heavy (non-hydrogen) atoms. The number of carbonyl (C=O) groups excluding carboxylic acids is 1. The van der Waals surface area contributed by atoms with Gasteiger partial charge in [0.2, 0.25) is 0 Å². The lowest BCUT2D eigenvalue weighted by Gasteiger charge is -2.06. The molecule has 1 N–H and O–H groups in total. The molecule has 112 valence electrons. The van der Waals surface area contributed by atoms with E-state index in [9.17, 15) is 4.79 Å². The Morgan fingerprint density at radius 1 is 1.14 bits per heavy atom. The van der Waals surface area contributed by atoms with E-state index >= 15 is 0 Å². The molecule has 3 aromatic rings. The maximum Gasteiger partial charge on any atom is 0.355 e. The minimum atomic E-state index is -0.412. The van der Waals surface area contributed by atoms with Crippen LogP contribution >= 0.6 is 23.2 Å². The number of ether oxygens (including phenoxy) is 1. The lowest BCUT2D eigenvalue weighted by Crippen LogP contribution is -2.06. The molecule has 0 radical (unpaired) electrons. The van der Waals surface area contributed by atoms with E-state index in [1.807, 2.05) is 30.3 Å². The SMILES string of the molecule is CCOC(=O)c1[nH]c2ccc(Cl)c(Cl)c2c1-c1ccccc1. The molecule has 0 bridgehead atoms. The van der Waals surface area contributed by atoms with Gasteiger partial charge < -0.3 is 9.72 Å². The summed E-state index contributed by atoms with van der Waals surface area (Å²) in [5.74, 6) is -0.412. The number of nitrogens with one attached hydrogen (secondary N) is 1. The molecule has 2 aromatic carbocycles. The van der Waals surface area contributed by atoms with E-state index in [1.165, 1.54) is 0 Å². The Bertz CT molecular complexity index is 841. The number of aromatic nitrogens is 1. The Kier molecular flexibility index (Phi) is 4.10. The summed E-state index contributed by atoms with van der Waals surface area (Å²) in [6.07, 6.45) is 0. The van der Waals surface area contributed by atoms with Gasteiger partial charge in [0.1, 0.15) is 5.69 Å². The molecule has 0 aliphatic heterocycles. The predicted molar refractivity (Wildman–Crippen MR) is 89.7 cm³/mol. The third kappa shape index (κ3) is 2.47. The van der Waals surface area contributed by atoms with E-state index in [-0.39, 0.29) is 0 Å². The van der Waals surface area contributed by atoms with E-state index in [0.717, 1.165) is 16.5 Å². The fourth-order valence-corrected chi connectivity index (χ4v) is 2.89. The molecule has 5 heteroatoms. The van der Waals surface area contributed by atoms with E-state index < -0.39 is 5.97 Å². The van der Waals surface area contributed by atoms with Crippen LogP contribution in [0.1, 0.15) is 17.4 Å². The van der Waals surface area contributed by atoms with Gasteiger partial charge in [-0.1, -0.05) is 53.5 Å². The van der Waals surface area contributed by atoms with Gasteiger partial charge in [-0.2, -0.15) is 0 Å². The summed E-state index contributed by atoms with van der Waals surface area (Å²) in [6.45, 7) is 2.07. The highest BCUT2D eigenvalue weighted by Crippen LogP contribution is 2.40. The van der Waals surface area contributed by atoms with Crippen molar-refractivity contribution in [2.24, 2.45) is 0 Å². The molecule has 0 amide bonds. The summed E-state index contributed by atoms with van der Waals surface area (Å²) in [4.78, 5) is 15.4. The Morgan fingerprint density at radius 2 is 1.86 bits per heavy atom. The molecule has 0 aliphatic carbocycles. The third-order valence-corrected chi connectivity index (χ3v) is 4.20. The number of hydrogen-bond donors (Lipinski definition) is 1. The Hall–Kier alpha value is -1.97. The molecular weight excluding hydrogens is 321 g/mol. The summed E-state index contributed by atoms with van der Waals surface area (Å²) in [5.41, 5.74) is 2.71. The van der Waals surface area contributed by atoms with Crippen molar-refractivity contribution < 1.29 is 9.53 Å². The Labute approximate surface area is 137 Å². The number of carbonyl (C=O) groups is 1. The van der Waals surface area contributed by atoms with Crippen molar-refractivity contribution in [2.75, 3.05) is 6.61 Å². The van der Waals surface area contributed by atoms with Gasteiger partial charge in [-0.25, -0.2) is 4.79 Å². The molecule has 1 heterocycles. The van der Waals surface area contributed by atoms with Gasteiger partial charge in [0, 0.05) is 16.5 Å². The summed E-state index contributed by atoms with van der Waals surface area (Å²) in [6, 6.07) is 13.1. The van der Waals surface area contributed by atoms with E-state index in [0.29, 0.717) is 27.9 Å². The number of esters is 1. The second-order valence-electron chi connectivity index (χ2n) is 4.75. The first kappa shape index (κ1) is 14.9. The number of hydrogen-bond acceptors (Lipinski definition) is 2. The van der Waals surface area contributed by atoms with Gasteiger partial charge in [0.25, 0.3) is 0 Å². The molecule has 1 aromatic heterocycles. The largest absolute Gasteiger partial charge is 0.461 e.